The van der Waals surface area contributed by atoms with E-state index in [1.165, 1.54) is 0 Å². The molecule has 0 fully saturated rings. The third-order valence-corrected chi connectivity index (χ3v) is 1.97. The summed E-state index contributed by atoms with van der Waals surface area (Å²) < 4.78 is 14.8. The van der Waals surface area contributed by atoms with Crippen molar-refractivity contribution in [3.63, 3.8) is 0 Å². The molecule has 0 N–H and O–H groups in total. The van der Waals surface area contributed by atoms with Gasteiger partial charge in [0.05, 0.1) is 19.8 Å². The van der Waals surface area contributed by atoms with Gasteiger partial charge in [-0.2, -0.15) is 4.98 Å². The fraction of sp³-hybridized carbons (Fsp3) is 0.200. The first-order valence-corrected chi connectivity index (χ1v) is 4.27. The van der Waals surface area contributed by atoms with E-state index in [0.29, 0.717) is 17.3 Å². The minimum Gasteiger partial charge on any atom is -0.497 e. The van der Waals surface area contributed by atoms with Crippen LogP contribution in [0.3, 0.4) is 0 Å². The maximum atomic E-state index is 5.20. The van der Waals surface area contributed by atoms with Crippen LogP contribution in [0.15, 0.2) is 22.7 Å². The second-order valence-electron chi connectivity index (χ2n) is 2.78. The van der Waals surface area contributed by atoms with Crippen molar-refractivity contribution in [2.24, 2.45) is 0 Å². The minimum absolute atomic E-state index is 0.439. The topological polar surface area (TPSA) is 57.4 Å². The van der Waals surface area contributed by atoms with E-state index in [-0.39, 0.29) is 0 Å². The van der Waals surface area contributed by atoms with Crippen LogP contribution in [0.25, 0.3) is 11.4 Å². The third kappa shape index (κ3) is 1.76. The zero-order chi connectivity index (χ0) is 10.7. The molecule has 0 atom stereocenters. The Balaban J connectivity index is 2.48. The molecule has 0 aliphatic rings. The highest BCUT2D eigenvalue weighted by Gasteiger charge is 2.11. The van der Waals surface area contributed by atoms with Gasteiger partial charge < -0.3 is 14.0 Å². The lowest BCUT2D eigenvalue weighted by atomic mass is 10.2. The molecule has 1 radical (unpaired) electrons. The summed E-state index contributed by atoms with van der Waals surface area (Å²) in [7, 11) is 3.17. The molecule has 0 saturated carbocycles. The number of benzene rings is 1. The number of hydrogen-bond donors (Lipinski definition) is 0. The van der Waals surface area contributed by atoms with Crippen LogP contribution in [0.2, 0.25) is 0 Å². The Morgan fingerprint density at radius 3 is 2.73 bits per heavy atom. The zero-order valence-corrected chi connectivity index (χ0v) is 8.35. The quantitative estimate of drug-likeness (QED) is 0.760. The van der Waals surface area contributed by atoms with Gasteiger partial charge in [-0.25, -0.2) is 0 Å². The molecule has 0 aliphatic heterocycles. The van der Waals surface area contributed by atoms with E-state index in [1.54, 1.807) is 32.4 Å². The van der Waals surface area contributed by atoms with Crippen molar-refractivity contribution in [2.75, 3.05) is 14.2 Å². The predicted octanol–water partition coefficient (Wildman–Crippen LogP) is 1.55. The number of nitrogens with zero attached hydrogens (tertiary/aromatic N) is 2. The lowest BCUT2D eigenvalue weighted by Crippen LogP contribution is -1.91. The Morgan fingerprint density at radius 2 is 2.13 bits per heavy atom. The molecule has 1 heterocycles. The molecule has 0 spiro atoms. The van der Waals surface area contributed by atoms with Gasteiger partial charge in [-0.15, -0.1) is 0 Å². The number of rotatable bonds is 3. The highest BCUT2D eigenvalue weighted by atomic mass is 16.5. The highest BCUT2D eigenvalue weighted by molar-refractivity contribution is 5.65. The molecule has 0 unspecified atom stereocenters. The first-order chi connectivity index (χ1) is 7.35. The van der Waals surface area contributed by atoms with Gasteiger partial charge in [0.25, 0.3) is 0 Å². The molecule has 0 saturated heterocycles. The molecule has 5 heteroatoms. The molecule has 5 nitrogen and oxygen atoms in total. The van der Waals surface area contributed by atoms with Crippen molar-refractivity contribution in [3.8, 4) is 22.9 Å². The lowest BCUT2D eigenvalue weighted by molar-refractivity contribution is 0.393. The average Bonchev–Trinajstić information content (AvgIpc) is 2.81. The van der Waals surface area contributed by atoms with Gasteiger partial charge in [0.2, 0.25) is 5.82 Å². The van der Waals surface area contributed by atoms with E-state index >= 15 is 0 Å². The average molecular weight is 205 g/mol. The summed E-state index contributed by atoms with van der Waals surface area (Å²) in [5, 5.41) is 3.69. The molecule has 2 rings (SSSR count). The first kappa shape index (κ1) is 9.51. The fourth-order valence-electron chi connectivity index (χ4n) is 1.24. The monoisotopic (exact) mass is 205 g/mol. The van der Waals surface area contributed by atoms with Crippen molar-refractivity contribution in [1.82, 2.24) is 10.1 Å². The minimum atomic E-state index is 0.439. The molecule has 0 bridgehead atoms. The lowest BCUT2D eigenvalue weighted by Gasteiger charge is -2.06. The van der Waals surface area contributed by atoms with Gasteiger partial charge in [0.1, 0.15) is 11.5 Å². The SMILES string of the molecule is COc1ccc(-c2n[c]on2)c(OC)c1. The van der Waals surface area contributed by atoms with Gasteiger partial charge in [-0.05, 0) is 12.1 Å². The van der Waals surface area contributed by atoms with E-state index in [1.807, 2.05) is 0 Å². The van der Waals surface area contributed by atoms with Crippen molar-refractivity contribution < 1.29 is 14.0 Å². The van der Waals surface area contributed by atoms with Gasteiger partial charge >= 0.3 is 6.39 Å². The molecule has 0 aliphatic carbocycles. The largest absolute Gasteiger partial charge is 0.497 e. The zero-order valence-electron chi connectivity index (χ0n) is 8.35. The van der Waals surface area contributed by atoms with E-state index in [0.717, 1.165) is 5.56 Å². The van der Waals surface area contributed by atoms with Gasteiger partial charge in [-0.3, -0.25) is 0 Å². The molecule has 0 amide bonds. The Morgan fingerprint density at radius 1 is 1.27 bits per heavy atom. The molecule has 2 aromatic rings. The second-order valence-corrected chi connectivity index (χ2v) is 2.78. The van der Waals surface area contributed by atoms with Crippen molar-refractivity contribution in [2.45, 2.75) is 0 Å². The number of aromatic nitrogens is 2. The molecule has 1 aromatic carbocycles. The van der Waals surface area contributed by atoms with Crippen LogP contribution < -0.4 is 9.47 Å². The Kier molecular flexibility index (Phi) is 2.53. The predicted molar refractivity (Wildman–Crippen MR) is 51.7 cm³/mol. The molecular weight excluding hydrogens is 196 g/mol. The fourth-order valence-corrected chi connectivity index (χ4v) is 1.24. The third-order valence-electron chi connectivity index (χ3n) is 1.97. The van der Waals surface area contributed by atoms with Crippen LogP contribution in [0.5, 0.6) is 11.5 Å². The van der Waals surface area contributed by atoms with Crippen LogP contribution in [0.4, 0.5) is 0 Å². The summed E-state index contributed by atoms with van der Waals surface area (Å²) in [5.74, 6) is 1.78. The van der Waals surface area contributed by atoms with E-state index in [2.05, 4.69) is 21.1 Å². The molecule has 1 aromatic heterocycles. The molecule has 77 valence electrons. The van der Waals surface area contributed by atoms with Crippen molar-refractivity contribution in [1.29, 1.82) is 0 Å². The summed E-state index contributed by atoms with van der Waals surface area (Å²) in [6.07, 6.45) is 2.29. The Bertz CT molecular complexity index is 440. The first-order valence-electron chi connectivity index (χ1n) is 4.27. The molecule has 15 heavy (non-hydrogen) atoms. The summed E-state index contributed by atoms with van der Waals surface area (Å²) in [4.78, 5) is 3.83. The van der Waals surface area contributed by atoms with Gasteiger partial charge in [0, 0.05) is 6.07 Å². The highest BCUT2D eigenvalue weighted by Crippen LogP contribution is 2.30. The van der Waals surface area contributed by atoms with Crippen LogP contribution in [0, 0.1) is 6.39 Å². The maximum Gasteiger partial charge on any atom is 0.316 e. The number of ether oxygens (including phenoxy) is 2. The summed E-state index contributed by atoms with van der Waals surface area (Å²) >= 11 is 0. The normalized spacial score (nSPS) is 10.0. The Hall–Kier alpha value is -2.04. The van der Waals surface area contributed by atoms with E-state index < -0.39 is 0 Å². The summed E-state index contributed by atoms with van der Waals surface area (Å²) in [6.45, 7) is 0. The van der Waals surface area contributed by atoms with Crippen LogP contribution >= 0.6 is 0 Å². The van der Waals surface area contributed by atoms with E-state index in [9.17, 15) is 0 Å². The number of hydrogen-bond acceptors (Lipinski definition) is 5. The number of methoxy groups -OCH3 is 2. The van der Waals surface area contributed by atoms with Crippen LogP contribution in [-0.4, -0.2) is 24.4 Å². The van der Waals surface area contributed by atoms with Crippen molar-refractivity contribution >= 4 is 0 Å². The van der Waals surface area contributed by atoms with Crippen LogP contribution in [-0.2, 0) is 0 Å². The van der Waals surface area contributed by atoms with Gasteiger partial charge in [-0.1, -0.05) is 5.16 Å². The maximum absolute atomic E-state index is 5.20. The summed E-state index contributed by atoms with van der Waals surface area (Å²) in [5.41, 5.74) is 0.739. The summed E-state index contributed by atoms with van der Waals surface area (Å²) in [6, 6.07) is 5.36. The molecular formula is C10H9N2O3. The van der Waals surface area contributed by atoms with Crippen molar-refractivity contribution in [3.05, 3.63) is 24.6 Å². The van der Waals surface area contributed by atoms with E-state index in [4.69, 9.17) is 9.47 Å². The second kappa shape index (κ2) is 4.00. The van der Waals surface area contributed by atoms with Gasteiger partial charge in [0.15, 0.2) is 0 Å². The smallest absolute Gasteiger partial charge is 0.316 e. The standard InChI is InChI=1S/C10H9N2O3/c1-13-7-3-4-8(9(5-7)14-2)10-11-6-15-12-10/h3-5H,1-2H3. The Labute approximate surface area is 86.6 Å². The van der Waals surface area contributed by atoms with Crippen LogP contribution in [0.1, 0.15) is 0 Å².